The van der Waals surface area contributed by atoms with Crippen LogP contribution in [-0.4, -0.2) is 25.5 Å². The van der Waals surface area contributed by atoms with Gasteiger partial charge in [0, 0.05) is 0 Å². The van der Waals surface area contributed by atoms with E-state index in [4.69, 9.17) is 4.74 Å². The van der Waals surface area contributed by atoms with Crippen molar-refractivity contribution in [1.82, 2.24) is 0 Å². The summed E-state index contributed by atoms with van der Waals surface area (Å²) in [5.41, 5.74) is 2.35. The molecule has 0 aliphatic rings. The SMILES string of the molecule is CCC[CH2][Sn]([CH2]CCC)([CH2]CCC)[c]1cc(OC)ccc1C#Cc1ccccc1. The van der Waals surface area contributed by atoms with Crippen molar-refractivity contribution in [2.24, 2.45) is 0 Å². The van der Waals surface area contributed by atoms with Gasteiger partial charge in [-0.05, 0) is 0 Å². The van der Waals surface area contributed by atoms with Gasteiger partial charge < -0.3 is 0 Å². The first-order valence-corrected chi connectivity index (χ1v) is 18.9. The molecule has 0 saturated heterocycles. The van der Waals surface area contributed by atoms with Crippen molar-refractivity contribution in [3.05, 3.63) is 59.7 Å². The van der Waals surface area contributed by atoms with Gasteiger partial charge in [0.2, 0.25) is 0 Å². The van der Waals surface area contributed by atoms with E-state index >= 15 is 0 Å². The molecule has 0 aromatic heterocycles. The van der Waals surface area contributed by atoms with Gasteiger partial charge >= 0.3 is 184 Å². The molecule has 0 atom stereocenters. The van der Waals surface area contributed by atoms with E-state index in [0.29, 0.717) is 0 Å². The monoisotopic (exact) mass is 498 g/mol. The first kappa shape index (κ1) is 23.9. The average Bonchev–Trinajstić information content (AvgIpc) is 2.78. The van der Waals surface area contributed by atoms with Gasteiger partial charge in [-0.15, -0.1) is 0 Å². The Hall–Kier alpha value is -1.40. The van der Waals surface area contributed by atoms with Crippen LogP contribution in [0.3, 0.4) is 0 Å². The molecule has 0 unspecified atom stereocenters. The first-order valence-electron chi connectivity index (χ1n) is 11.4. The predicted octanol–water partition coefficient (Wildman–Crippen LogP) is 7.15. The van der Waals surface area contributed by atoms with Gasteiger partial charge in [0.25, 0.3) is 0 Å². The molecule has 156 valence electrons. The molecule has 0 bridgehead atoms. The van der Waals surface area contributed by atoms with Gasteiger partial charge in [-0.2, -0.15) is 0 Å². The summed E-state index contributed by atoms with van der Waals surface area (Å²) in [5.74, 6) is 7.98. The molecule has 0 spiro atoms. The molecule has 0 aliphatic heterocycles. The van der Waals surface area contributed by atoms with E-state index < -0.39 is 18.4 Å². The van der Waals surface area contributed by atoms with Crippen LogP contribution in [0.5, 0.6) is 5.75 Å². The molecule has 0 amide bonds. The fourth-order valence-corrected chi connectivity index (χ4v) is 20.8. The zero-order chi connectivity index (χ0) is 21.0. The molecule has 2 aromatic carbocycles. The van der Waals surface area contributed by atoms with Crippen LogP contribution in [0.25, 0.3) is 0 Å². The Kier molecular flexibility index (Phi) is 10.7. The molecular formula is C27H38OSn. The van der Waals surface area contributed by atoms with Crippen LogP contribution >= 0.6 is 0 Å². The average molecular weight is 497 g/mol. The number of methoxy groups -OCH3 is 1. The second kappa shape index (κ2) is 13.0. The van der Waals surface area contributed by atoms with Crippen molar-refractivity contribution in [2.45, 2.75) is 72.6 Å². The summed E-state index contributed by atoms with van der Waals surface area (Å²) in [7, 11) is 1.79. The minimum atomic E-state index is -2.59. The summed E-state index contributed by atoms with van der Waals surface area (Å²) in [4.78, 5) is 0. The van der Waals surface area contributed by atoms with Crippen molar-refractivity contribution >= 4 is 22.0 Å². The third kappa shape index (κ3) is 7.10. The Morgan fingerprint density at radius 1 is 0.759 bits per heavy atom. The number of unbranched alkanes of at least 4 members (excludes halogenated alkanes) is 3. The third-order valence-corrected chi connectivity index (χ3v) is 21.6. The van der Waals surface area contributed by atoms with Gasteiger partial charge in [-0.25, -0.2) is 0 Å². The van der Waals surface area contributed by atoms with Crippen molar-refractivity contribution < 1.29 is 4.74 Å². The van der Waals surface area contributed by atoms with E-state index in [-0.39, 0.29) is 0 Å². The van der Waals surface area contributed by atoms with Crippen LogP contribution < -0.4 is 8.32 Å². The molecule has 2 aromatic rings. The summed E-state index contributed by atoms with van der Waals surface area (Å²) in [6, 6.07) is 17.0. The fourth-order valence-electron chi connectivity index (χ4n) is 4.18. The number of ether oxygens (including phenoxy) is 1. The number of hydrogen-bond donors (Lipinski definition) is 0. The van der Waals surface area contributed by atoms with Gasteiger partial charge in [-0.1, -0.05) is 0 Å². The molecule has 1 nitrogen and oxygen atoms in total. The van der Waals surface area contributed by atoms with Crippen LogP contribution in [0.2, 0.25) is 13.3 Å². The Bertz CT molecular complexity index is 763. The summed E-state index contributed by atoms with van der Waals surface area (Å²) in [5, 5.41) is 0. The van der Waals surface area contributed by atoms with Crippen LogP contribution in [0, 0.1) is 11.8 Å². The normalized spacial score (nSPS) is 11.0. The zero-order valence-corrected chi connectivity index (χ0v) is 21.7. The summed E-state index contributed by atoms with van der Waals surface area (Å²) < 4.78 is 11.6. The minimum absolute atomic E-state index is 0.996. The molecule has 0 saturated carbocycles. The van der Waals surface area contributed by atoms with Gasteiger partial charge in [-0.3, -0.25) is 0 Å². The number of hydrogen-bond acceptors (Lipinski definition) is 1. The van der Waals surface area contributed by atoms with Gasteiger partial charge in [0.15, 0.2) is 0 Å². The zero-order valence-electron chi connectivity index (χ0n) is 18.9. The summed E-state index contributed by atoms with van der Waals surface area (Å²) >= 11 is -2.59. The Morgan fingerprint density at radius 2 is 1.34 bits per heavy atom. The molecular weight excluding hydrogens is 459 g/mol. The second-order valence-corrected chi connectivity index (χ2v) is 21.2. The van der Waals surface area contributed by atoms with Crippen LogP contribution in [0.4, 0.5) is 0 Å². The topological polar surface area (TPSA) is 9.23 Å². The third-order valence-electron chi connectivity index (χ3n) is 5.94. The maximum atomic E-state index is 5.67. The Balaban J connectivity index is 2.57. The molecule has 0 radical (unpaired) electrons. The number of rotatable bonds is 11. The second-order valence-electron chi connectivity index (χ2n) is 8.12. The molecule has 2 rings (SSSR count). The molecule has 0 heterocycles. The van der Waals surface area contributed by atoms with Crippen LogP contribution in [-0.2, 0) is 0 Å². The first-order chi connectivity index (χ1) is 14.2. The van der Waals surface area contributed by atoms with E-state index in [9.17, 15) is 0 Å². The molecule has 0 N–H and O–H groups in total. The summed E-state index contributed by atoms with van der Waals surface area (Å²) in [6.45, 7) is 6.99. The van der Waals surface area contributed by atoms with E-state index in [1.165, 1.54) is 57.4 Å². The van der Waals surface area contributed by atoms with Crippen molar-refractivity contribution in [1.29, 1.82) is 0 Å². The van der Waals surface area contributed by atoms with Crippen molar-refractivity contribution in [2.75, 3.05) is 7.11 Å². The Labute approximate surface area is 183 Å². The van der Waals surface area contributed by atoms with Crippen molar-refractivity contribution in [3.8, 4) is 17.6 Å². The van der Waals surface area contributed by atoms with E-state index in [0.717, 1.165) is 11.3 Å². The molecule has 0 fully saturated rings. The molecule has 0 aliphatic carbocycles. The van der Waals surface area contributed by atoms with E-state index in [1.54, 1.807) is 10.7 Å². The van der Waals surface area contributed by atoms with Gasteiger partial charge in [0.05, 0.1) is 0 Å². The van der Waals surface area contributed by atoms with Gasteiger partial charge in [0.1, 0.15) is 0 Å². The molecule has 2 heteroatoms. The quantitative estimate of drug-likeness (QED) is 0.237. The van der Waals surface area contributed by atoms with Crippen molar-refractivity contribution in [3.63, 3.8) is 0 Å². The summed E-state index contributed by atoms with van der Waals surface area (Å²) in [6.07, 6.45) is 7.91. The number of benzene rings is 2. The van der Waals surface area contributed by atoms with E-state index in [2.05, 4.69) is 75.1 Å². The van der Waals surface area contributed by atoms with E-state index in [1.807, 2.05) is 6.07 Å². The van der Waals surface area contributed by atoms with Crippen LogP contribution in [0.15, 0.2) is 48.5 Å². The predicted molar refractivity (Wildman–Crippen MR) is 130 cm³/mol. The fraction of sp³-hybridized carbons (Fsp3) is 0.481. The Morgan fingerprint density at radius 3 is 1.86 bits per heavy atom. The standard InChI is InChI=1S/C15H11O.3C4H9.Sn/c1-16-15-11-9-14(10-12-15)8-7-13-5-3-2-4-6-13;3*1-3-4-2;/h2-6,9,11-12H,1H3;3*1,3-4H2,2H3;. The van der Waals surface area contributed by atoms with Crippen LogP contribution in [0.1, 0.15) is 70.4 Å². The molecule has 29 heavy (non-hydrogen) atoms. The maximum absolute atomic E-state index is 5.67.